The fourth-order valence-electron chi connectivity index (χ4n) is 2.84. The van der Waals surface area contributed by atoms with Gasteiger partial charge in [-0.05, 0) is 24.6 Å². The summed E-state index contributed by atoms with van der Waals surface area (Å²) >= 11 is 0. The van der Waals surface area contributed by atoms with E-state index < -0.39 is 32.3 Å². The van der Waals surface area contributed by atoms with E-state index in [-0.39, 0.29) is 36.2 Å². The Morgan fingerprint density at radius 1 is 0.879 bits per heavy atom. The number of nitrogens with zero attached hydrogens (tertiary/aromatic N) is 2. The molecule has 0 aliphatic heterocycles. The van der Waals surface area contributed by atoms with Crippen molar-refractivity contribution in [2.45, 2.75) is 20.1 Å². The summed E-state index contributed by atoms with van der Waals surface area (Å²) in [5.74, 6) is 0.0124. The molecular weight excluding hydrogens is 453 g/mol. The molecule has 3 rings (SSSR count). The van der Waals surface area contributed by atoms with Gasteiger partial charge in [0.1, 0.15) is 31.2 Å². The van der Waals surface area contributed by atoms with Gasteiger partial charge >= 0.3 is 13.2 Å². The van der Waals surface area contributed by atoms with E-state index >= 15 is 0 Å². The predicted octanol–water partition coefficient (Wildman–Crippen LogP) is 5.06. The minimum atomic E-state index is -2.96. The lowest BCUT2D eigenvalue weighted by Gasteiger charge is -2.16. The molecule has 0 aliphatic carbocycles. The standard InChI is InChI=1S/C21H20F5N3O4/c1-12-3-2-4-14(18(12)22)29-19-13-9-16(30-5-7-32-20(23)24)17(10-15(13)27-11-28-19)31-6-8-33-21(25)26/h2-4,9-11,20-21H,5-8H2,1H3,(H,27,28,29). The van der Waals surface area contributed by atoms with Crippen LogP contribution in [0.25, 0.3) is 10.9 Å². The molecule has 1 heterocycles. The van der Waals surface area contributed by atoms with Crippen molar-refractivity contribution in [2.75, 3.05) is 31.7 Å². The van der Waals surface area contributed by atoms with Crippen LogP contribution in [0.1, 0.15) is 5.56 Å². The molecule has 0 fully saturated rings. The first-order valence-electron chi connectivity index (χ1n) is 9.71. The van der Waals surface area contributed by atoms with Crippen molar-refractivity contribution in [3.05, 3.63) is 48.0 Å². The number of alkyl halides is 4. The van der Waals surface area contributed by atoms with Crippen LogP contribution in [-0.2, 0) is 9.47 Å². The molecule has 0 amide bonds. The average Bonchev–Trinajstić information content (AvgIpc) is 2.77. The molecule has 0 saturated carbocycles. The first kappa shape index (κ1) is 24.4. The van der Waals surface area contributed by atoms with E-state index in [0.29, 0.717) is 16.5 Å². The summed E-state index contributed by atoms with van der Waals surface area (Å²) in [5, 5.41) is 3.32. The third kappa shape index (κ3) is 6.86. The molecule has 0 saturated heterocycles. The normalized spacial score (nSPS) is 11.4. The van der Waals surface area contributed by atoms with Crippen molar-refractivity contribution in [3.63, 3.8) is 0 Å². The fraction of sp³-hybridized carbons (Fsp3) is 0.333. The lowest BCUT2D eigenvalue weighted by molar-refractivity contribution is -0.134. The number of nitrogens with one attached hydrogen (secondary N) is 1. The second kappa shape index (κ2) is 11.6. The van der Waals surface area contributed by atoms with Gasteiger partial charge in [-0.3, -0.25) is 0 Å². The maximum Gasteiger partial charge on any atom is 0.345 e. The van der Waals surface area contributed by atoms with Gasteiger partial charge in [0, 0.05) is 11.5 Å². The topological polar surface area (TPSA) is 74.7 Å². The molecule has 12 heteroatoms. The number of benzene rings is 2. The molecule has 7 nitrogen and oxygen atoms in total. The van der Waals surface area contributed by atoms with Crippen molar-refractivity contribution >= 4 is 22.4 Å². The summed E-state index contributed by atoms with van der Waals surface area (Å²) in [6.07, 6.45) is 1.25. The molecule has 0 atom stereocenters. The third-order valence-electron chi connectivity index (χ3n) is 4.32. The second-order valence-electron chi connectivity index (χ2n) is 6.56. The number of rotatable bonds is 12. The van der Waals surface area contributed by atoms with Gasteiger partial charge in [0.25, 0.3) is 0 Å². The molecule has 3 aromatic rings. The van der Waals surface area contributed by atoms with E-state index in [1.165, 1.54) is 24.5 Å². The maximum atomic E-state index is 14.4. The number of aryl methyl sites for hydroxylation is 1. The van der Waals surface area contributed by atoms with Gasteiger partial charge in [-0.15, -0.1) is 0 Å². The number of halogens is 5. The molecule has 178 valence electrons. The summed E-state index contributed by atoms with van der Waals surface area (Å²) in [6.45, 7) is -5.57. The van der Waals surface area contributed by atoms with Crippen LogP contribution >= 0.6 is 0 Å². The van der Waals surface area contributed by atoms with Gasteiger partial charge in [0.15, 0.2) is 11.5 Å². The van der Waals surface area contributed by atoms with Crippen molar-refractivity contribution in [1.29, 1.82) is 0 Å². The Kier molecular flexibility index (Phi) is 8.55. The minimum absolute atomic E-state index is 0.0972. The van der Waals surface area contributed by atoms with E-state index in [1.807, 2.05) is 0 Å². The average molecular weight is 473 g/mol. The van der Waals surface area contributed by atoms with Crippen LogP contribution in [0.2, 0.25) is 0 Å². The molecule has 2 aromatic carbocycles. The highest BCUT2D eigenvalue weighted by Crippen LogP contribution is 2.35. The molecule has 0 aliphatic rings. The molecule has 33 heavy (non-hydrogen) atoms. The van der Waals surface area contributed by atoms with Gasteiger partial charge in [-0.2, -0.15) is 17.6 Å². The Hall–Kier alpha value is -3.25. The first-order chi connectivity index (χ1) is 15.8. The monoisotopic (exact) mass is 473 g/mol. The van der Waals surface area contributed by atoms with Crippen molar-refractivity contribution in [3.8, 4) is 11.5 Å². The van der Waals surface area contributed by atoms with Crippen LogP contribution in [0.15, 0.2) is 36.7 Å². The largest absolute Gasteiger partial charge is 0.487 e. The van der Waals surface area contributed by atoms with Crippen molar-refractivity contribution < 1.29 is 40.9 Å². The molecule has 0 bridgehead atoms. The highest BCUT2D eigenvalue weighted by atomic mass is 19.3. The van der Waals surface area contributed by atoms with E-state index in [1.54, 1.807) is 19.1 Å². The maximum absolute atomic E-state index is 14.4. The van der Waals surface area contributed by atoms with Crippen molar-refractivity contribution in [2.24, 2.45) is 0 Å². The van der Waals surface area contributed by atoms with E-state index in [4.69, 9.17) is 9.47 Å². The Morgan fingerprint density at radius 2 is 1.52 bits per heavy atom. The molecular formula is C21H20F5N3O4. The Labute approximate surface area is 185 Å². The van der Waals surface area contributed by atoms with Crippen LogP contribution in [0.5, 0.6) is 11.5 Å². The number of ether oxygens (including phenoxy) is 4. The minimum Gasteiger partial charge on any atom is -0.487 e. The molecule has 0 radical (unpaired) electrons. The fourth-order valence-corrected chi connectivity index (χ4v) is 2.84. The predicted molar refractivity (Wildman–Crippen MR) is 109 cm³/mol. The summed E-state index contributed by atoms with van der Waals surface area (Å²) in [5.41, 5.74) is 0.997. The second-order valence-corrected chi connectivity index (χ2v) is 6.56. The first-order valence-corrected chi connectivity index (χ1v) is 9.71. The SMILES string of the molecule is Cc1cccc(Nc2ncnc3cc(OCCOC(F)F)c(OCCOC(F)F)cc23)c1F. The smallest absolute Gasteiger partial charge is 0.345 e. The van der Waals surface area contributed by atoms with Crippen LogP contribution in [0.3, 0.4) is 0 Å². The van der Waals surface area contributed by atoms with E-state index in [9.17, 15) is 22.0 Å². The van der Waals surface area contributed by atoms with Crippen molar-refractivity contribution in [1.82, 2.24) is 9.97 Å². The summed E-state index contributed by atoms with van der Waals surface area (Å²) in [4.78, 5) is 8.29. The lowest BCUT2D eigenvalue weighted by Crippen LogP contribution is -2.12. The number of hydrogen-bond donors (Lipinski definition) is 1. The summed E-state index contributed by atoms with van der Waals surface area (Å²) in [6, 6.07) is 7.76. The van der Waals surface area contributed by atoms with Gasteiger partial charge in [-0.1, -0.05) is 12.1 Å². The molecule has 1 N–H and O–H groups in total. The quantitative estimate of drug-likeness (QED) is 0.291. The van der Waals surface area contributed by atoms with Crippen LogP contribution in [0.4, 0.5) is 33.5 Å². The zero-order valence-electron chi connectivity index (χ0n) is 17.4. The highest BCUT2D eigenvalue weighted by Gasteiger charge is 2.15. The third-order valence-corrected chi connectivity index (χ3v) is 4.32. The number of anilines is 2. The Balaban J connectivity index is 1.89. The molecule has 0 spiro atoms. The van der Waals surface area contributed by atoms with Gasteiger partial charge in [0.05, 0.1) is 24.4 Å². The molecule has 0 unspecified atom stereocenters. The van der Waals surface area contributed by atoms with Gasteiger partial charge in [-0.25, -0.2) is 14.4 Å². The number of aromatic nitrogens is 2. The zero-order chi connectivity index (χ0) is 23.8. The summed E-state index contributed by atoms with van der Waals surface area (Å²) in [7, 11) is 0. The van der Waals surface area contributed by atoms with E-state index in [2.05, 4.69) is 24.8 Å². The van der Waals surface area contributed by atoms with Crippen LogP contribution in [0, 0.1) is 12.7 Å². The lowest BCUT2D eigenvalue weighted by atomic mass is 10.2. The molecule has 1 aromatic heterocycles. The van der Waals surface area contributed by atoms with Crippen LogP contribution < -0.4 is 14.8 Å². The zero-order valence-corrected chi connectivity index (χ0v) is 17.4. The highest BCUT2D eigenvalue weighted by molar-refractivity contribution is 5.93. The van der Waals surface area contributed by atoms with Gasteiger partial charge in [0.2, 0.25) is 0 Å². The summed E-state index contributed by atoms with van der Waals surface area (Å²) < 4.78 is 82.4. The Morgan fingerprint density at radius 3 is 2.15 bits per heavy atom. The van der Waals surface area contributed by atoms with Gasteiger partial charge < -0.3 is 24.3 Å². The van der Waals surface area contributed by atoms with Crippen LogP contribution in [-0.4, -0.2) is 49.6 Å². The number of hydrogen-bond acceptors (Lipinski definition) is 7. The Bertz CT molecular complexity index is 1070. The van der Waals surface area contributed by atoms with E-state index in [0.717, 1.165) is 0 Å². The number of fused-ring (bicyclic) bond motifs is 1.